The quantitative estimate of drug-likeness (QED) is 0.511. The highest BCUT2D eigenvalue weighted by Gasteiger charge is 2.05. The normalized spacial score (nSPS) is 11.7. The van der Waals surface area contributed by atoms with E-state index in [1.54, 1.807) is 13.0 Å². The number of carbonyl (C=O) groups is 1. The van der Waals surface area contributed by atoms with Gasteiger partial charge in [0.05, 0.1) is 6.92 Å². The molecule has 0 N–H and O–H groups in total. The molecule has 0 saturated carbocycles. The molecule has 0 amide bonds. The molecule has 0 aromatic heterocycles. The maximum atomic E-state index is 10.1. The van der Waals surface area contributed by atoms with E-state index in [4.69, 9.17) is 5.26 Å². The number of carbonyl (C=O) groups excluding carboxylic acids is 1. The molecule has 0 aliphatic rings. The Labute approximate surface area is 54.2 Å². The Morgan fingerprint density at radius 1 is 2.00 bits per heavy atom. The molecule has 0 rings (SSSR count). The Hall–Kier alpha value is -1.04. The molecule has 9 heavy (non-hydrogen) atoms. The Kier molecular flexibility index (Phi) is 3.45. The maximum Gasteiger partial charge on any atom is 0.307 e. The molecule has 0 aliphatic heterocycles. The van der Waals surface area contributed by atoms with Crippen LogP contribution in [0.2, 0.25) is 0 Å². The summed E-state index contributed by atoms with van der Waals surface area (Å²) >= 11 is 0. The lowest BCUT2D eigenvalue weighted by Gasteiger charge is -2.03. The molecule has 0 saturated heterocycles. The van der Waals surface area contributed by atoms with E-state index in [2.05, 4.69) is 11.7 Å². The number of ether oxygens (including phenoxy) is 1. The van der Waals surface area contributed by atoms with Crippen molar-refractivity contribution in [1.82, 2.24) is 0 Å². The monoisotopic (exact) mass is 126 g/mol. The van der Waals surface area contributed by atoms with Gasteiger partial charge in [-0.3, -0.25) is 4.79 Å². The van der Waals surface area contributed by atoms with Gasteiger partial charge in [-0.1, -0.05) is 6.92 Å². The van der Waals surface area contributed by atoms with E-state index in [0.717, 1.165) is 0 Å². The van der Waals surface area contributed by atoms with Crippen LogP contribution in [0.4, 0.5) is 0 Å². The molecule has 0 fully saturated rings. The lowest BCUT2D eigenvalue weighted by Crippen LogP contribution is -2.12. The van der Waals surface area contributed by atoms with E-state index in [1.807, 2.05) is 0 Å². The zero-order chi connectivity index (χ0) is 7.28. The van der Waals surface area contributed by atoms with Crippen LogP contribution >= 0.6 is 0 Å². The Morgan fingerprint density at radius 2 is 2.56 bits per heavy atom. The molecule has 1 atom stereocenters. The minimum absolute atomic E-state index is 0.512. The van der Waals surface area contributed by atoms with E-state index in [0.29, 0.717) is 6.42 Å². The third-order valence-corrected chi connectivity index (χ3v) is 0.788. The van der Waals surface area contributed by atoms with Gasteiger partial charge in [-0.25, -0.2) is 0 Å². The zero-order valence-corrected chi connectivity index (χ0v) is 5.26. The number of hydrogen-bond donors (Lipinski definition) is 0. The van der Waals surface area contributed by atoms with Crippen LogP contribution in [0.25, 0.3) is 0 Å². The minimum Gasteiger partial charge on any atom is -0.447 e. The first kappa shape index (κ1) is 7.96. The third kappa shape index (κ3) is 3.53. The summed E-state index contributed by atoms with van der Waals surface area (Å²) in [4.78, 5) is 10.1. The topological polar surface area (TPSA) is 50.1 Å². The first-order valence-electron chi connectivity index (χ1n) is 2.63. The average Bonchev–Trinajstić information content (AvgIpc) is 1.82. The molecule has 0 bridgehead atoms. The van der Waals surface area contributed by atoms with E-state index in [9.17, 15) is 4.79 Å². The highest BCUT2D eigenvalue weighted by molar-refractivity contribution is 5.74. The summed E-state index contributed by atoms with van der Waals surface area (Å²) in [5.41, 5.74) is 0. The highest BCUT2D eigenvalue weighted by atomic mass is 16.5. The number of nitrogens with zero attached hydrogens (tertiary/aromatic N) is 1. The van der Waals surface area contributed by atoms with Crippen LogP contribution in [0.5, 0.6) is 0 Å². The van der Waals surface area contributed by atoms with Gasteiger partial charge in [-0.2, -0.15) is 5.26 Å². The van der Waals surface area contributed by atoms with Crippen LogP contribution < -0.4 is 0 Å². The largest absolute Gasteiger partial charge is 0.447 e. The van der Waals surface area contributed by atoms with Crippen LogP contribution in [0.1, 0.15) is 13.3 Å². The fraction of sp³-hybridized carbons (Fsp3) is 0.500. The van der Waals surface area contributed by atoms with Crippen LogP contribution in [0, 0.1) is 18.3 Å². The van der Waals surface area contributed by atoms with Gasteiger partial charge in [0.25, 0.3) is 0 Å². The summed E-state index contributed by atoms with van der Waals surface area (Å²) < 4.78 is 4.44. The number of esters is 1. The van der Waals surface area contributed by atoms with Gasteiger partial charge in [-0.05, 0) is 6.42 Å². The van der Waals surface area contributed by atoms with Gasteiger partial charge in [0, 0.05) is 0 Å². The van der Waals surface area contributed by atoms with Crippen molar-refractivity contribution in [3.8, 4) is 6.07 Å². The van der Waals surface area contributed by atoms with E-state index in [-0.39, 0.29) is 0 Å². The molecule has 1 radical (unpaired) electrons. The first-order valence-corrected chi connectivity index (χ1v) is 2.63. The van der Waals surface area contributed by atoms with Crippen LogP contribution in [-0.2, 0) is 9.53 Å². The molecule has 1 unspecified atom stereocenters. The van der Waals surface area contributed by atoms with Crippen LogP contribution in [-0.4, -0.2) is 12.1 Å². The van der Waals surface area contributed by atoms with Gasteiger partial charge in [0.15, 0.2) is 6.10 Å². The van der Waals surface area contributed by atoms with Crippen LogP contribution in [0.3, 0.4) is 0 Å². The van der Waals surface area contributed by atoms with Crippen LogP contribution in [0.15, 0.2) is 0 Å². The second-order valence-corrected chi connectivity index (χ2v) is 1.52. The molecular weight excluding hydrogens is 118 g/mol. The fourth-order valence-corrected chi connectivity index (χ4v) is 0.360. The molecule has 0 spiro atoms. The predicted octanol–water partition coefficient (Wildman–Crippen LogP) is 0.666. The highest BCUT2D eigenvalue weighted by Crippen LogP contribution is 1.94. The Bertz CT molecular complexity index is 136. The molecular formula is C6H8NO2. The van der Waals surface area contributed by atoms with Crippen molar-refractivity contribution in [2.24, 2.45) is 0 Å². The van der Waals surface area contributed by atoms with Crippen molar-refractivity contribution in [1.29, 1.82) is 5.26 Å². The second-order valence-electron chi connectivity index (χ2n) is 1.52. The number of rotatable bonds is 2. The van der Waals surface area contributed by atoms with E-state index < -0.39 is 12.1 Å². The van der Waals surface area contributed by atoms with Crippen molar-refractivity contribution >= 4 is 5.97 Å². The number of nitriles is 1. The molecule has 0 aromatic rings. The van der Waals surface area contributed by atoms with Gasteiger partial charge < -0.3 is 4.74 Å². The smallest absolute Gasteiger partial charge is 0.307 e. The summed E-state index contributed by atoms with van der Waals surface area (Å²) in [7, 11) is 0. The molecule has 3 heteroatoms. The third-order valence-electron chi connectivity index (χ3n) is 0.788. The van der Waals surface area contributed by atoms with Gasteiger partial charge in [-0.15, -0.1) is 0 Å². The molecule has 0 heterocycles. The van der Waals surface area contributed by atoms with Crippen molar-refractivity contribution in [2.75, 3.05) is 0 Å². The first-order chi connectivity index (χ1) is 4.20. The average molecular weight is 126 g/mol. The molecule has 0 aliphatic carbocycles. The summed E-state index contributed by atoms with van der Waals surface area (Å²) in [6.45, 7) is 4.72. The standard InChI is InChI=1S/C6H8NO2/c1-3-6(4-7)9-5(2)8/h6H,2-3H2,1H3. The van der Waals surface area contributed by atoms with Crippen molar-refractivity contribution in [3.63, 3.8) is 0 Å². The second kappa shape index (κ2) is 3.90. The minimum atomic E-state index is -0.650. The number of hydrogen-bond acceptors (Lipinski definition) is 3. The fourth-order valence-electron chi connectivity index (χ4n) is 0.360. The van der Waals surface area contributed by atoms with E-state index in [1.165, 1.54) is 0 Å². The lowest BCUT2D eigenvalue weighted by molar-refractivity contribution is -0.140. The molecule has 3 nitrogen and oxygen atoms in total. The summed E-state index contributed by atoms with van der Waals surface area (Å²) in [6.07, 6.45) is -0.118. The SMILES string of the molecule is [CH2]C(=O)OC(C#N)CC. The van der Waals surface area contributed by atoms with Crippen molar-refractivity contribution < 1.29 is 9.53 Å². The van der Waals surface area contributed by atoms with E-state index >= 15 is 0 Å². The predicted molar refractivity (Wildman–Crippen MR) is 31.1 cm³/mol. The Balaban J connectivity index is 3.60. The summed E-state index contributed by atoms with van der Waals surface area (Å²) in [5, 5.41) is 8.22. The summed E-state index contributed by atoms with van der Waals surface area (Å²) in [6, 6.07) is 1.80. The lowest BCUT2D eigenvalue weighted by atomic mass is 10.3. The van der Waals surface area contributed by atoms with Gasteiger partial charge in [0.1, 0.15) is 6.07 Å². The van der Waals surface area contributed by atoms with Crippen molar-refractivity contribution in [2.45, 2.75) is 19.4 Å². The van der Waals surface area contributed by atoms with Gasteiger partial charge >= 0.3 is 5.97 Å². The molecule has 0 aromatic carbocycles. The summed E-state index contributed by atoms with van der Waals surface area (Å²) in [5.74, 6) is -0.650. The molecule has 49 valence electrons. The maximum absolute atomic E-state index is 10.1. The van der Waals surface area contributed by atoms with Gasteiger partial charge in [0.2, 0.25) is 0 Å². The Morgan fingerprint density at radius 3 is 2.67 bits per heavy atom. The zero-order valence-electron chi connectivity index (χ0n) is 5.26. The van der Waals surface area contributed by atoms with Crippen molar-refractivity contribution in [3.05, 3.63) is 6.92 Å².